The molecule has 3 nitrogen and oxygen atoms in total. The lowest BCUT2D eigenvalue weighted by Crippen LogP contribution is -2.10. The Hall–Kier alpha value is -6.27. The maximum Gasteiger partial charge on any atom is 0.227 e. The Labute approximate surface area is 306 Å². The van der Waals surface area contributed by atoms with E-state index in [1.807, 2.05) is 22.7 Å². The molecule has 5 heteroatoms. The summed E-state index contributed by atoms with van der Waals surface area (Å²) in [5.41, 5.74) is 7.49. The zero-order chi connectivity index (χ0) is 33.9. The number of hydrogen-bond donors (Lipinski definition) is 0. The van der Waals surface area contributed by atoms with Gasteiger partial charge in [-0.2, -0.15) is 0 Å². The number of hydrogen-bond acceptors (Lipinski definition) is 5. The van der Waals surface area contributed by atoms with Gasteiger partial charge in [0.1, 0.15) is 5.69 Å². The van der Waals surface area contributed by atoms with Crippen LogP contribution in [0.1, 0.15) is 0 Å². The van der Waals surface area contributed by atoms with Crippen molar-refractivity contribution in [1.29, 1.82) is 0 Å². The summed E-state index contributed by atoms with van der Waals surface area (Å²) in [6, 6.07) is 57.2. The Kier molecular flexibility index (Phi) is 5.81. The SMILES string of the molecule is c1ccc2c(-c3nc4c(o3)-c3ccc(N(c5ccc6sc7ccccc7c6c5)c5ccc6sc7ccccc7c6c5)c5cccc-4c35)cccc2c1. The molecular formula is C47H26N2OS2. The Morgan fingerprint density at radius 2 is 1.02 bits per heavy atom. The topological polar surface area (TPSA) is 29.3 Å². The predicted molar refractivity (Wildman–Crippen MR) is 222 cm³/mol. The predicted octanol–water partition coefficient (Wildman–Crippen LogP) is 14.5. The van der Waals surface area contributed by atoms with Crippen LogP contribution in [-0.2, 0) is 0 Å². The van der Waals surface area contributed by atoms with Gasteiger partial charge in [-0.1, -0.05) is 91.0 Å². The fourth-order valence-corrected chi connectivity index (χ4v) is 10.5. The highest BCUT2D eigenvalue weighted by atomic mass is 32.1. The molecule has 3 heterocycles. The first kappa shape index (κ1) is 28.4. The van der Waals surface area contributed by atoms with Crippen molar-refractivity contribution in [3.63, 3.8) is 0 Å². The number of nitrogens with zero attached hydrogens (tertiary/aromatic N) is 2. The van der Waals surface area contributed by atoms with Gasteiger partial charge >= 0.3 is 0 Å². The molecule has 0 radical (unpaired) electrons. The molecule has 0 saturated heterocycles. The first-order chi connectivity index (χ1) is 25.8. The molecule has 12 rings (SSSR count). The summed E-state index contributed by atoms with van der Waals surface area (Å²) in [5, 5.41) is 9.80. The zero-order valence-corrected chi connectivity index (χ0v) is 29.3. The van der Waals surface area contributed by atoms with Gasteiger partial charge in [-0.15, -0.1) is 22.7 Å². The third-order valence-corrected chi connectivity index (χ3v) is 12.9. The highest BCUT2D eigenvalue weighted by Crippen LogP contribution is 2.53. The molecule has 0 bridgehead atoms. The third-order valence-electron chi connectivity index (χ3n) is 10.6. The van der Waals surface area contributed by atoms with E-state index < -0.39 is 0 Å². The fraction of sp³-hybridized carbons (Fsp3) is 0. The van der Waals surface area contributed by atoms with Crippen LogP contribution in [0.2, 0.25) is 0 Å². The summed E-state index contributed by atoms with van der Waals surface area (Å²) >= 11 is 3.70. The van der Waals surface area contributed by atoms with Crippen molar-refractivity contribution in [3.05, 3.63) is 158 Å². The van der Waals surface area contributed by atoms with Crippen LogP contribution < -0.4 is 4.90 Å². The first-order valence-corrected chi connectivity index (χ1v) is 19.1. The lowest BCUT2D eigenvalue weighted by molar-refractivity contribution is 0.591. The van der Waals surface area contributed by atoms with Crippen molar-refractivity contribution < 1.29 is 4.42 Å². The van der Waals surface area contributed by atoms with Crippen molar-refractivity contribution in [2.45, 2.75) is 0 Å². The van der Waals surface area contributed by atoms with Gasteiger partial charge in [0.25, 0.3) is 0 Å². The summed E-state index contributed by atoms with van der Waals surface area (Å²) in [6.07, 6.45) is 0. The Bertz CT molecular complexity index is 3130. The van der Waals surface area contributed by atoms with E-state index in [1.54, 1.807) is 0 Å². The van der Waals surface area contributed by atoms with Crippen molar-refractivity contribution in [3.8, 4) is 34.0 Å². The van der Waals surface area contributed by atoms with Crippen molar-refractivity contribution in [2.75, 3.05) is 4.90 Å². The number of benzene rings is 8. The Morgan fingerprint density at radius 1 is 0.442 bits per heavy atom. The minimum Gasteiger partial charge on any atom is -0.435 e. The van der Waals surface area contributed by atoms with E-state index in [2.05, 4.69) is 163 Å². The van der Waals surface area contributed by atoms with Crippen LogP contribution in [-0.4, -0.2) is 4.98 Å². The minimum atomic E-state index is 0.655. The van der Waals surface area contributed by atoms with E-state index in [9.17, 15) is 0 Å². The smallest absolute Gasteiger partial charge is 0.227 e. The molecule has 52 heavy (non-hydrogen) atoms. The second-order valence-corrected chi connectivity index (χ2v) is 15.6. The number of rotatable bonds is 4. The van der Waals surface area contributed by atoms with Gasteiger partial charge in [0.15, 0.2) is 5.76 Å². The molecule has 11 aromatic rings. The van der Waals surface area contributed by atoms with Crippen molar-refractivity contribution in [1.82, 2.24) is 4.98 Å². The molecule has 0 fully saturated rings. The quantitative estimate of drug-likeness (QED) is 0.183. The number of thiophene rings is 2. The van der Waals surface area contributed by atoms with Crippen LogP contribution in [0.5, 0.6) is 0 Å². The molecule has 0 amide bonds. The second-order valence-electron chi connectivity index (χ2n) is 13.5. The highest BCUT2D eigenvalue weighted by molar-refractivity contribution is 7.26. The van der Waals surface area contributed by atoms with Gasteiger partial charge < -0.3 is 9.32 Å². The summed E-state index contributed by atoms with van der Waals surface area (Å²) in [5.74, 6) is 1.49. The van der Waals surface area contributed by atoms with E-state index >= 15 is 0 Å². The van der Waals surface area contributed by atoms with Gasteiger partial charge in [-0.05, 0) is 77.5 Å². The average molecular weight is 699 g/mol. The minimum absolute atomic E-state index is 0.655. The Balaban J connectivity index is 1.08. The monoisotopic (exact) mass is 698 g/mol. The number of fused-ring (bicyclic) bond motifs is 10. The molecule has 1 aliphatic carbocycles. The summed E-state index contributed by atoms with van der Waals surface area (Å²) in [4.78, 5) is 7.62. The van der Waals surface area contributed by atoms with E-state index in [4.69, 9.17) is 9.40 Å². The van der Waals surface area contributed by atoms with E-state index in [0.29, 0.717) is 5.89 Å². The summed E-state index contributed by atoms with van der Waals surface area (Å²) < 4.78 is 11.9. The molecular weight excluding hydrogens is 673 g/mol. The molecule has 0 aliphatic heterocycles. The Morgan fingerprint density at radius 3 is 1.75 bits per heavy atom. The van der Waals surface area contributed by atoms with Crippen LogP contribution in [0.25, 0.3) is 95.9 Å². The van der Waals surface area contributed by atoms with Crippen LogP contribution in [0.15, 0.2) is 162 Å². The maximum atomic E-state index is 6.70. The van der Waals surface area contributed by atoms with Crippen LogP contribution in [0, 0.1) is 0 Å². The number of aromatic nitrogens is 1. The lowest BCUT2D eigenvalue weighted by Gasteiger charge is -2.27. The molecule has 0 saturated carbocycles. The van der Waals surface area contributed by atoms with E-state index in [-0.39, 0.29) is 0 Å². The average Bonchev–Trinajstić information content (AvgIpc) is 3.96. The van der Waals surface area contributed by atoms with Gasteiger partial charge in [0.05, 0.1) is 5.69 Å². The van der Waals surface area contributed by atoms with Crippen molar-refractivity contribution in [2.24, 2.45) is 0 Å². The normalized spacial score (nSPS) is 12.2. The van der Waals surface area contributed by atoms with Gasteiger partial charge in [0, 0.05) is 79.2 Å². The zero-order valence-electron chi connectivity index (χ0n) is 27.6. The van der Waals surface area contributed by atoms with Gasteiger partial charge in [-0.25, -0.2) is 4.98 Å². The standard InChI is InChI=1S/C47H26N2OS2/c1-2-11-30-27(9-1)10-7-14-33(30)47-48-45-35-16-8-15-34-39(22-21-36(44(34)35)46(45)50-47)49(28-19-23-42-37(25-28)31-12-3-5-17-40(31)51-42)29-20-24-43-38(26-29)32-13-4-6-18-41(32)52-43/h1-26H. The molecule has 0 atom stereocenters. The maximum absolute atomic E-state index is 6.70. The molecule has 8 aromatic carbocycles. The van der Waals surface area contributed by atoms with E-state index in [0.717, 1.165) is 50.6 Å². The van der Waals surface area contributed by atoms with Crippen LogP contribution >= 0.6 is 22.7 Å². The summed E-state index contributed by atoms with van der Waals surface area (Å²) in [6.45, 7) is 0. The lowest BCUT2D eigenvalue weighted by atomic mass is 10.0. The molecule has 3 aromatic heterocycles. The molecule has 242 valence electrons. The largest absolute Gasteiger partial charge is 0.435 e. The molecule has 0 N–H and O–H groups in total. The van der Waals surface area contributed by atoms with Crippen LogP contribution in [0.3, 0.4) is 0 Å². The third kappa shape index (κ3) is 3.97. The second kappa shape index (κ2) is 10.6. The molecule has 0 spiro atoms. The van der Waals surface area contributed by atoms with E-state index in [1.165, 1.54) is 56.5 Å². The van der Waals surface area contributed by atoms with Crippen LogP contribution in [0.4, 0.5) is 17.1 Å². The highest BCUT2D eigenvalue weighted by Gasteiger charge is 2.30. The summed E-state index contributed by atoms with van der Waals surface area (Å²) in [7, 11) is 0. The molecule has 1 aliphatic rings. The van der Waals surface area contributed by atoms with Crippen molar-refractivity contribution >= 4 is 102 Å². The molecule has 0 unspecified atom stereocenters. The number of oxazole rings is 1. The fourth-order valence-electron chi connectivity index (χ4n) is 8.32. The van der Waals surface area contributed by atoms with Gasteiger partial charge in [0.2, 0.25) is 5.89 Å². The first-order valence-electron chi connectivity index (χ1n) is 17.4. The van der Waals surface area contributed by atoms with Gasteiger partial charge in [-0.3, -0.25) is 0 Å². The number of anilines is 3.